The maximum Gasteiger partial charge on any atom is 0.255 e. The number of rotatable bonds is 4. The van der Waals surface area contributed by atoms with Gasteiger partial charge in [0.05, 0.1) is 22.6 Å². The van der Waals surface area contributed by atoms with Crippen LogP contribution in [0.5, 0.6) is 0 Å². The molecule has 2 N–H and O–H groups in total. The van der Waals surface area contributed by atoms with E-state index in [1.807, 2.05) is 41.9 Å². The van der Waals surface area contributed by atoms with Crippen LogP contribution in [0.4, 0.5) is 0 Å². The Kier molecular flexibility index (Phi) is 4.47. The number of hydrogen-bond donors (Lipinski definition) is 2. The van der Waals surface area contributed by atoms with Gasteiger partial charge in [0.15, 0.2) is 0 Å². The molecule has 0 aliphatic rings. The average molecular weight is 374 g/mol. The third-order valence-electron chi connectivity index (χ3n) is 5.11. The van der Waals surface area contributed by atoms with Crippen molar-refractivity contribution in [2.75, 3.05) is 0 Å². The zero-order valence-corrected chi connectivity index (χ0v) is 16.1. The van der Waals surface area contributed by atoms with Crippen molar-refractivity contribution in [2.24, 2.45) is 13.0 Å². The number of pyridine rings is 1. The summed E-state index contributed by atoms with van der Waals surface area (Å²) in [6.07, 6.45) is 1.48. The fourth-order valence-corrected chi connectivity index (χ4v) is 3.59. The van der Waals surface area contributed by atoms with E-state index < -0.39 is 0 Å². The number of aromatic amines is 1. The first-order chi connectivity index (χ1) is 13.5. The van der Waals surface area contributed by atoms with E-state index in [0.29, 0.717) is 16.3 Å². The van der Waals surface area contributed by atoms with Gasteiger partial charge in [-0.25, -0.2) is 4.98 Å². The molecule has 0 aliphatic heterocycles. The molecule has 4 aromatic rings. The first-order valence-electron chi connectivity index (χ1n) is 9.30. The van der Waals surface area contributed by atoms with Gasteiger partial charge in [-0.05, 0) is 24.1 Å². The standard InChI is InChI=1S/C22H22N4O2/c1-13(2)19(20-24-17-10-6-7-11-18(17)26(20)3)25-22(28)16-12-23-21(27)15-9-5-4-8-14(15)16/h4-13,19H,1-3H3,(H,23,27)(H,25,28)/t19-/m1/s1. The van der Waals surface area contributed by atoms with Gasteiger partial charge in [-0.15, -0.1) is 0 Å². The molecule has 0 unspecified atom stereocenters. The van der Waals surface area contributed by atoms with Gasteiger partial charge in [-0.1, -0.05) is 44.2 Å². The van der Waals surface area contributed by atoms with E-state index in [0.717, 1.165) is 16.9 Å². The largest absolute Gasteiger partial charge is 0.342 e. The number of imidazole rings is 1. The van der Waals surface area contributed by atoms with Gasteiger partial charge in [0.25, 0.3) is 11.5 Å². The Morgan fingerprint density at radius 1 is 1.07 bits per heavy atom. The van der Waals surface area contributed by atoms with Gasteiger partial charge in [0, 0.05) is 24.0 Å². The van der Waals surface area contributed by atoms with Crippen LogP contribution in [-0.2, 0) is 7.05 Å². The van der Waals surface area contributed by atoms with Gasteiger partial charge < -0.3 is 14.9 Å². The quantitative estimate of drug-likeness (QED) is 0.573. The predicted octanol–water partition coefficient (Wildman–Crippen LogP) is 3.54. The van der Waals surface area contributed by atoms with Crippen molar-refractivity contribution >= 4 is 27.7 Å². The second-order valence-corrected chi connectivity index (χ2v) is 7.29. The molecule has 6 heteroatoms. The van der Waals surface area contributed by atoms with Crippen LogP contribution in [0.25, 0.3) is 21.8 Å². The maximum atomic E-state index is 13.1. The van der Waals surface area contributed by atoms with E-state index in [2.05, 4.69) is 24.1 Å². The Balaban J connectivity index is 1.75. The van der Waals surface area contributed by atoms with E-state index in [4.69, 9.17) is 4.98 Å². The number of carbonyl (C=O) groups is 1. The topological polar surface area (TPSA) is 79.8 Å². The lowest BCUT2D eigenvalue weighted by Gasteiger charge is -2.22. The van der Waals surface area contributed by atoms with Crippen LogP contribution in [0, 0.1) is 5.92 Å². The van der Waals surface area contributed by atoms with Crippen LogP contribution in [0.3, 0.4) is 0 Å². The molecule has 0 radical (unpaired) electrons. The molecular weight excluding hydrogens is 352 g/mol. The maximum absolute atomic E-state index is 13.1. The Morgan fingerprint density at radius 3 is 2.46 bits per heavy atom. The minimum atomic E-state index is -0.268. The molecule has 0 saturated carbocycles. The molecule has 0 bridgehead atoms. The van der Waals surface area contributed by atoms with Crippen molar-refractivity contribution in [3.8, 4) is 0 Å². The number of aryl methyl sites for hydroxylation is 1. The predicted molar refractivity (Wildman–Crippen MR) is 110 cm³/mol. The van der Waals surface area contributed by atoms with Gasteiger partial charge in [0.2, 0.25) is 0 Å². The number of fused-ring (bicyclic) bond motifs is 2. The summed E-state index contributed by atoms with van der Waals surface area (Å²) in [5.74, 6) is 0.699. The van der Waals surface area contributed by atoms with Crippen molar-refractivity contribution in [3.63, 3.8) is 0 Å². The number of nitrogens with one attached hydrogen (secondary N) is 2. The molecule has 142 valence electrons. The summed E-state index contributed by atoms with van der Waals surface area (Å²) in [7, 11) is 1.96. The fourth-order valence-electron chi connectivity index (χ4n) is 3.59. The second kappa shape index (κ2) is 6.96. The highest BCUT2D eigenvalue weighted by Crippen LogP contribution is 2.25. The lowest BCUT2D eigenvalue weighted by atomic mass is 10.0. The highest BCUT2D eigenvalue weighted by Gasteiger charge is 2.25. The SMILES string of the molecule is CC(C)[C@@H](NC(=O)c1c[nH]c(=O)c2ccccc12)c1nc2ccccc2n1C. The zero-order chi connectivity index (χ0) is 19.8. The third kappa shape index (κ3) is 2.97. The Morgan fingerprint density at radius 2 is 1.75 bits per heavy atom. The lowest BCUT2D eigenvalue weighted by Crippen LogP contribution is -2.34. The van der Waals surface area contributed by atoms with Crippen molar-refractivity contribution in [1.29, 1.82) is 0 Å². The molecule has 0 saturated heterocycles. The molecule has 2 aromatic heterocycles. The Hall–Kier alpha value is -3.41. The average Bonchev–Trinajstić information content (AvgIpc) is 3.03. The monoisotopic (exact) mass is 374 g/mol. The highest BCUT2D eigenvalue weighted by atomic mass is 16.2. The third-order valence-corrected chi connectivity index (χ3v) is 5.11. The fraction of sp³-hybridized carbons (Fsp3) is 0.227. The summed E-state index contributed by atoms with van der Waals surface area (Å²) in [4.78, 5) is 32.6. The summed E-state index contributed by atoms with van der Waals surface area (Å²) in [5.41, 5.74) is 2.16. The van der Waals surface area contributed by atoms with E-state index >= 15 is 0 Å². The van der Waals surface area contributed by atoms with Crippen LogP contribution < -0.4 is 10.9 Å². The minimum Gasteiger partial charge on any atom is -0.342 e. The number of H-pyrrole nitrogens is 1. The van der Waals surface area contributed by atoms with Crippen LogP contribution in [-0.4, -0.2) is 20.4 Å². The first-order valence-corrected chi connectivity index (χ1v) is 9.30. The van der Waals surface area contributed by atoms with Crippen molar-refractivity contribution in [2.45, 2.75) is 19.9 Å². The molecule has 6 nitrogen and oxygen atoms in total. The van der Waals surface area contributed by atoms with Crippen LogP contribution in [0.2, 0.25) is 0 Å². The molecular formula is C22H22N4O2. The van der Waals surface area contributed by atoms with Crippen molar-refractivity contribution in [1.82, 2.24) is 19.9 Å². The normalized spacial score (nSPS) is 12.6. The van der Waals surface area contributed by atoms with E-state index in [9.17, 15) is 9.59 Å². The number of nitrogens with zero attached hydrogens (tertiary/aromatic N) is 2. The molecule has 1 amide bonds. The number of para-hydroxylation sites is 2. The van der Waals surface area contributed by atoms with Crippen LogP contribution in [0.15, 0.2) is 59.5 Å². The molecule has 4 rings (SSSR count). The summed E-state index contributed by atoms with van der Waals surface area (Å²) in [6, 6.07) is 14.8. The number of aromatic nitrogens is 3. The van der Waals surface area contributed by atoms with E-state index in [1.165, 1.54) is 6.20 Å². The molecule has 0 aliphatic carbocycles. The van der Waals surface area contributed by atoms with Crippen molar-refractivity contribution in [3.05, 3.63) is 76.5 Å². The summed E-state index contributed by atoms with van der Waals surface area (Å²) >= 11 is 0. The van der Waals surface area contributed by atoms with E-state index in [1.54, 1.807) is 18.2 Å². The summed E-state index contributed by atoms with van der Waals surface area (Å²) in [6.45, 7) is 4.10. The molecule has 0 fully saturated rings. The number of benzene rings is 2. The molecule has 28 heavy (non-hydrogen) atoms. The lowest BCUT2D eigenvalue weighted by molar-refractivity contribution is 0.0924. The number of carbonyl (C=O) groups excluding carboxylic acids is 1. The van der Waals surface area contributed by atoms with Gasteiger partial charge in [-0.3, -0.25) is 9.59 Å². The Labute approximate surface area is 162 Å². The zero-order valence-electron chi connectivity index (χ0n) is 16.1. The van der Waals surface area contributed by atoms with Crippen LogP contribution >= 0.6 is 0 Å². The summed E-state index contributed by atoms with van der Waals surface area (Å²) < 4.78 is 2.02. The molecule has 1 atom stereocenters. The van der Waals surface area contributed by atoms with E-state index in [-0.39, 0.29) is 23.4 Å². The Bertz CT molecular complexity index is 1240. The molecule has 0 spiro atoms. The highest BCUT2D eigenvalue weighted by molar-refractivity contribution is 6.06. The summed E-state index contributed by atoms with van der Waals surface area (Å²) in [5, 5.41) is 4.25. The molecule has 2 aromatic carbocycles. The van der Waals surface area contributed by atoms with Crippen LogP contribution in [0.1, 0.15) is 36.1 Å². The minimum absolute atomic E-state index is 0.133. The van der Waals surface area contributed by atoms with Crippen molar-refractivity contribution < 1.29 is 4.79 Å². The molecule has 2 heterocycles. The smallest absolute Gasteiger partial charge is 0.255 e. The first kappa shape index (κ1) is 18.0. The number of amides is 1. The van der Waals surface area contributed by atoms with Gasteiger partial charge in [-0.2, -0.15) is 0 Å². The number of hydrogen-bond acceptors (Lipinski definition) is 3. The van der Waals surface area contributed by atoms with Gasteiger partial charge >= 0.3 is 0 Å². The second-order valence-electron chi connectivity index (χ2n) is 7.29. The van der Waals surface area contributed by atoms with Gasteiger partial charge in [0.1, 0.15) is 5.82 Å².